The van der Waals surface area contributed by atoms with Crippen LogP contribution in [0.5, 0.6) is 0 Å². The molecule has 1 heterocycles. The van der Waals surface area contributed by atoms with Gasteiger partial charge in [-0.1, -0.05) is 12.1 Å². The molecule has 9 heavy (non-hydrogen) atoms. The molecule has 1 radical (unpaired) electrons. The van der Waals surface area contributed by atoms with Gasteiger partial charge in [0.1, 0.15) is 0 Å². The van der Waals surface area contributed by atoms with Gasteiger partial charge in [-0.15, -0.1) is 0 Å². The maximum Gasteiger partial charge on any atom is 0.0539 e. The Morgan fingerprint density at radius 3 is 3.44 bits per heavy atom. The summed E-state index contributed by atoms with van der Waals surface area (Å²) in [5.41, 5.74) is 8.50. The minimum atomic E-state index is 0.921. The number of rotatable bonds is 0. The van der Waals surface area contributed by atoms with Gasteiger partial charge in [-0.3, -0.25) is 0 Å². The molecule has 1 aliphatic rings. The Bertz CT molecular complexity index is 197. The molecule has 2 nitrogen and oxygen atoms in total. The maximum atomic E-state index is 3.02. The average molecular weight is 119 g/mol. The van der Waals surface area contributed by atoms with E-state index in [9.17, 15) is 0 Å². The van der Waals surface area contributed by atoms with Gasteiger partial charge >= 0.3 is 0 Å². The Morgan fingerprint density at radius 1 is 1.56 bits per heavy atom. The smallest absolute Gasteiger partial charge is 0.0539 e. The molecule has 1 aromatic carbocycles. The highest BCUT2D eigenvalue weighted by atomic mass is 15.4. The molecule has 2 rings (SSSR count). The molecule has 1 aromatic rings. The lowest BCUT2D eigenvalue weighted by Gasteiger charge is -1.93. The Balaban J connectivity index is 2.54. The van der Waals surface area contributed by atoms with Crippen LogP contribution in [0.3, 0.4) is 0 Å². The summed E-state index contributed by atoms with van der Waals surface area (Å²) >= 11 is 0. The summed E-state index contributed by atoms with van der Waals surface area (Å²) < 4.78 is 0. The zero-order chi connectivity index (χ0) is 6.10. The van der Waals surface area contributed by atoms with Crippen molar-refractivity contribution in [1.82, 2.24) is 5.43 Å². The molecule has 0 spiro atoms. The molecular weight excluding hydrogens is 112 g/mol. The van der Waals surface area contributed by atoms with Crippen LogP contribution in [-0.4, -0.2) is 0 Å². The lowest BCUT2D eigenvalue weighted by Crippen LogP contribution is -2.10. The third-order valence-electron chi connectivity index (χ3n) is 1.46. The molecule has 0 amide bonds. The fourth-order valence-electron chi connectivity index (χ4n) is 0.968. The number of benzene rings is 1. The van der Waals surface area contributed by atoms with Gasteiger partial charge in [0.15, 0.2) is 0 Å². The first-order valence-electron chi connectivity index (χ1n) is 2.95. The molecule has 0 fully saturated rings. The van der Waals surface area contributed by atoms with Crippen LogP contribution in [0.4, 0.5) is 5.69 Å². The third kappa shape index (κ3) is 0.678. The monoisotopic (exact) mass is 119 g/mol. The zero-order valence-corrected chi connectivity index (χ0v) is 4.94. The molecule has 45 valence electrons. The molecule has 0 aliphatic carbocycles. The van der Waals surface area contributed by atoms with Crippen LogP contribution in [0.1, 0.15) is 5.56 Å². The summed E-state index contributed by atoms with van der Waals surface area (Å²) in [5, 5.41) is 0. The summed E-state index contributed by atoms with van der Waals surface area (Å²) in [6.45, 7) is 0.921. The summed E-state index contributed by atoms with van der Waals surface area (Å²) in [6, 6.07) is 8.91. The topological polar surface area (TPSA) is 24.1 Å². The molecular formula is C7H7N2. The van der Waals surface area contributed by atoms with E-state index in [4.69, 9.17) is 0 Å². The Kier molecular flexibility index (Phi) is 0.932. The Hall–Kier alpha value is -1.02. The van der Waals surface area contributed by atoms with Crippen molar-refractivity contribution in [3.05, 3.63) is 29.8 Å². The predicted molar refractivity (Wildman–Crippen MR) is 35.7 cm³/mol. The molecule has 2 heteroatoms. The quantitative estimate of drug-likeness (QED) is 0.530. The van der Waals surface area contributed by atoms with Crippen LogP contribution < -0.4 is 10.9 Å². The summed E-state index contributed by atoms with van der Waals surface area (Å²) in [7, 11) is 0. The van der Waals surface area contributed by atoms with E-state index in [1.807, 2.05) is 12.1 Å². The second kappa shape index (κ2) is 1.74. The van der Waals surface area contributed by atoms with Crippen LogP contribution in [0, 0.1) is 6.07 Å². The molecule has 0 saturated heterocycles. The molecule has 0 saturated carbocycles. The zero-order valence-electron chi connectivity index (χ0n) is 4.94. The summed E-state index contributed by atoms with van der Waals surface area (Å²) in [5.74, 6) is 0. The standard InChI is InChI=1S/C7H7N2/c1-2-4-7-6(3-1)5-8-9-7/h1,3-4,8-9H,5H2. The van der Waals surface area contributed by atoms with Crippen LogP contribution in [0.2, 0.25) is 0 Å². The lowest BCUT2D eigenvalue weighted by molar-refractivity contribution is 0.860. The Morgan fingerprint density at radius 2 is 2.56 bits per heavy atom. The first kappa shape index (κ1) is 4.82. The molecule has 0 aromatic heterocycles. The number of nitrogens with one attached hydrogen (secondary N) is 2. The molecule has 0 bridgehead atoms. The SMILES string of the molecule is [c]1ccc2c(c1)NNC2. The molecule has 1 aliphatic heterocycles. The van der Waals surface area contributed by atoms with Crippen molar-refractivity contribution in [2.24, 2.45) is 0 Å². The minimum Gasteiger partial charge on any atom is -0.321 e. The van der Waals surface area contributed by atoms with E-state index < -0.39 is 0 Å². The third-order valence-corrected chi connectivity index (χ3v) is 1.46. The van der Waals surface area contributed by atoms with Gasteiger partial charge in [-0.05, 0) is 17.7 Å². The summed E-state index contributed by atoms with van der Waals surface area (Å²) in [6.07, 6.45) is 0. The van der Waals surface area contributed by atoms with Crippen molar-refractivity contribution >= 4 is 5.69 Å². The van der Waals surface area contributed by atoms with Gasteiger partial charge in [0.05, 0.1) is 5.69 Å². The van der Waals surface area contributed by atoms with Crippen molar-refractivity contribution < 1.29 is 0 Å². The predicted octanol–water partition coefficient (Wildman–Crippen LogP) is 0.917. The van der Waals surface area contributed by atoms with Gasteiger partial charge in [0, 0.05) is 6.54 Å². The van der Waals surface area contributed by atoms with E-state index in [0.717, 1.165) is 12.2 Å². The maximum absolute atomic E-state index is 3.02. The van der Waals surface area contributed by atoms with Gasteiger partial charge in [-0.25, -0.2) is 5.43 Å². The first-order chi connectivity index (χ1) is 4.47. The highest BCUT2D eigenvalue weighted by molar-refractivity contribution is 5.52. The van der Waals surface area contributed by atoms with Crippen LogP contribution >= 0.6 is 0 Å². The van der Waals surface area contributed by atoms with Crippen molar-refractivity contribution in [1.29, 1.82) is 0 Å². The molecule has 0 atom stereocenters. The van der Waals surface area contributed by atoms with Crippen LogP contribution in [-0.2, 0) is 6.54 Å². The number of hydrogen-bond acceptors (Lipinski definition) is 2. The molecule has 2 N–H and O–H groups in total. The van der Waals surface area contributed by atoms with E-state index in [1.54, 1.807) is 0 Å². The highest BCUT2D eigenvalue weighted by Crippen LogP contribution is 2.16. The van der Waals surface area contributed by atoms with E-state index in [2.05, 4.69) is 23.0 Å². The van der Waals surface area contributed by atoms with Crippen LogP contribution in [0.15, 0.2) is 18.2 Å². The fraction of sp³-hybridized carbons (Fsp3) is 0.143. The van der Waals surface area contributed by atoms with Crippen molar-refractivity contribution in [3.8, 4) is 0 Å². The van der Waals surface area contributed by atoms with E-state index >= 15 is 0 Å². The van der Waals surface area contributed by atoms with E-state index in [0.29, 0.717) is 0 Å². The number of anilines is 1. The number of fused-ring (bicyclic) bond motifs is 1. The van der Waals surface area contributed by atoms with Crippen molar-refractivity contribution in [2.75, 3.05) is 5.43 Å². The lowest BCUT2D eigenvalue weighted by atomic mass is 10.2. The largest absolute Gasteiger partial charge is 0.321 e. The average Bonchev–Trinajstić information content (AvgIpc) is 2.33. The van der Waals surface area contributed by atoms with Gasteiger partial charge in [0.25, 0.3) is 0 Å². The van der Waals surface area contributed by atoms with Gasteiger partial charge in [0.2, 0.25) is 0 Å². The van der Waals surface area contributed by atoms with Gasteiger partial charge < -0.3 is 5.43 Å². The Labute approximate surface area is 53.9 Å². The van der Waals surface area contributed by atoms with Crippen LogP contribution in [0.25, 0.3) is 0 Å². The van der Waals surface area contributed by atoms with E-state index in [-0.39, 0.29) is 0 Å². The number of hydrazine groups is 1. The first-order valence-corrected chi connectivity index (χ1v) is 2.95. The molecule has 0 unspecified atom stereocenters. The fourth-order valence-corrected chi connectivity index (χ4v) is 0.968. The normalized spacial score (nSPS) is 14.7. The minimum absolute atomic E-state index is 0.921. The number of hydrogen-bond donors (Lipinski definition) is 2. The second-order valence-electron chi connectivity index (χ2n) is 2.06. The van der Waals surface area contributed by atoms with Crippen molar-refractivity contribution in [2.45, 2.75) is 6.54 Å². The summed E-state index contributed by atoms with van der Waals surface area (Å²) in [4.78, 5) is 0. The van der Waals surface area contributed by atoms with E-state index in [1.165, 1.54) is 5.56 Å². The van der Waals surface area contributed by atoms with Crippen molar-refractivity contribution in [3.63, 3.8) is 0 Å². The van der Waals surface area contributed by atoms with Gasteiger partial charge in [-0.2, -0.15) is 0 Å². The second-order valence-corrected chi connectivity index (χ2v) is 2.06. The highest BCUT2D eigenvalue weighted by Gasteiger charge is 2.05.